The average molecular weight is 473 g/mol. The molecule has 8 heteroatoms. The van der Waals surface area contributed by atoms with Gasteiger partial charge in [-0.05, 0) is 25.2 Å². The number of nitrogens with zero attached hydrogens (tertiary/aromatic N) is 3. The second kappa shape index (κ2) is 8.89. The molecule has 5 rings (SSSR count). The van der Waals surface area contributed by atoms with Crippen molar-refractivity contribution in [3.63, 3.8) is 0 Å². The van der Waals surface area contributed by atoms with E-state index in [1.165, 1.54) is 17.4 Å². The molecule has 0 bridgehead atoms. The number of likely N-dealkylation sites (N-methyl/N-ethyl adjacent to an activating group) is 1. The van der Waals surface area contributed by atoms with Crippen LogP contribution in [0.1, 0.15) is 26.8 Å². The summed E-state index contributed by atoms with van der Waals surface area (Å²) in [5.74, 6) is -0.141. The van der Waals surface area contributed by atoms with E-state index in [0.717, 1.165) is 10.6 Å². The lowest BCUT2D eigenvalue weighted by Crippen LogP contribution is -2.51. The molecule has 0 saturated carbocycles. The highest BCUT2D eigenvalue weighted by molar-refractivity contribution is 7.19. The van der Waals surface area contributed by atoms with Crippen molar-refractivity contribution < 1.29 is 9.59 Å². The monoisotopic (exact) mass is 472 g/mol. The first-order valence-electron chi connectivity index (χ1n) is 11.0. The first-order chi connectivity index (χ1) is 16.5. The van der Waals surface area contributed by atoms with Crippen LogP contribution in [0.4, 0.5) is 4.79 Å². The molecule has 1 unspecified atom stereocenters. The highest BCUT2D eigenvalue weighted by Crippen LogP contribution is 2.40. The third kappa shape index (κ3) is 3.81. The summed E-state index contributed by atoms with van der Waals surface area (Å²) >= 11 is 1.38. The summed E-state index contributed by atoms with van der Waals surface area (Å²) in [5.41, 5.74) is 7.35. The number of amides is 2. The van der Waals surface area contributed by atoms with Crippen LogP contribution in [0.2, 0.25) is 0 Å². The molecule has 0 radical (unpaired) electrons. The number of benzene rings is 2. The second-order valence-corrected chi connectivity index (χ2v) is 9.44. The molecule has 1 saturated heterocycles. The molecule has 4 aromatic rings. The smallest absolute Gasteiger partial charge is 0.315 e. The number of thiophene rings is 1. The molecule has 2 amide bonds. The number of urea groups is 1. The third-order valence-corrected chi connectivity index (χ3v) is 7.51. The van der Waals surface area contributed by atoms with Crippen LogP contribution in [0, 0.1) is 0 Å². The van der Waals surface area contributed by atoms with Crippen molar-refractivity contribution in [3.8, 4) is 5.69 Å². The number of ketones is 1. The van der Waals surface area contributed by atoms with Gasteiger partial charge < -0.3 is 15.5 Å². The molecule has 172 valence electrons. The van der Waals surface area contributed by atoms with Crippen LogP contribution in [-0.2, 0) is 0 Å². The number of carbonyl (C=O) groups is 2. The van der Waals surface area contributed by atoms with Gasteiger partial charge in [-0.1, -0.05) is 48.5 Å². The molecule has 1 aliphatic heterocycles. The predicted molar refractivity (Wildman–Crippen MR) is 134 cm³/mol. The topological polar surface area (TPSA) is 88.6 Å². The summed E-state index contributed by atoms with van der Waals surface area (Å²) in [6.07, 6.45) is 0. The number of hydrogen-bond acceptors (Lipinski definition) is 5. The van der Waals surface area contributed by atoms with Gasteiger partial charge in [0.15, 0.2) is 5.78 Å². The molecular formula is C26H24N4O3S. The average Bonchev–Trinajstić information content (AvgIpc) is 3.23. The molecule has 2 N–H and O–H groups in total. The van der Waals surface area contributed by atoms with Crippen molar-refractivity contribution in [2.24, 2.45) is 5.73 Å². The van der Waals surface area contributed by atoms with Gasteiger partial charge in [0.1, 0.15) is 4.83 Å². The molecule has 2 aromatic heterocycles. The first-order valence-corrected chi connectivity index (χ1v) is 11.9. The maximum atomic E-state index is 13.8. The number of piperazine rings is 1. The van der Waals surface area contributed by atoms with Gasteiger partial charge >= 0.3 is 6.03 Å². The number of fused-ring (bicyclic) bond motifs is 1. The van der Waals surface area contributed by atoms with Gasteiger partial charge in [-0.25, -0.2) is 4.79 Å². The van der Waals surface area contributed by atoms with Crippen LogP contribution in [0.3, 0.4) is 0 Å². The van der Waals surface area contributed by atoms with Crippen LogP contribution in [0.25, 0.3) is 15.9 Å². The Bertz CT molecular complexity index is 1430. The minimum Gasteiger partial charge on any atom is -0.351 e. The van der Waals surface area contributed by atoms with E-state index in [1.807, 2.05) is 55.6 Å². The van der Waals surface area contributed by atoms with Crippen molar-refractivity contribution in [2.75, 3.05) is 26.7 Å². The number of rotatable bonds is 4. The van der Waals surface area contributed by atoms with Gasteiger partial charge in [-0.3, -0.25) is 14.2 Å². The predicted octanol–water partition coefficient (Wildman–Crippen LogP) is 3.65. The molecule has 3 heterocycles. The minimum absolute atomic E-state index is 0.141. The summed E-state index contributed by atoms with van der Waals surface area (Å²) in [6.45, 7) is 1.70. The summed E-state index contributed by atoms with van der Waals surface area (Å²) in [7, 11) is 1.98. The van der Waals surface area contributed by atoms with E-state index in [9.17, 15) is 14.4 Å². The van der Waals surface area contributed by atoms with E-state index < -0.39 is 12.1 Å². The van der Waals surface area contributed by atoms with Crippen LogP contribution in [0.15, 0.2) is 77.6 Å². The molecule has 0 aliphatic carbocycles. The molecule has 1 fully saturated rings. The standard InChI is InChI=1S/C26H24N4O3S/c1-28-14-15-29(26(27)33)20(16-28)24-22(23(32)17-8-4-2-5-9-17)19-12-13-21(31)30(25(19)34-24)18-10-6-3-7-11-18/h2-13,20H,14-16H2,1H3,(H2,27,33). The Balaban J connectivity index is 1.81. The Labute approximate surface area is 200 Å². The van der Waals surface area contributed by atoms with E-state index in [1.54, 1.807) is 27.7 Å². The normalized spacial score (nSPS) is 16.6. The maximum absolute atomic E-state index is 13.8. The largest absolute Gasteiger partial charge is 0.351 e. The van der Waals surface area contributed by atoms with E-state index >= 15 is 0 Å². The van der Waals surface area contributed by atoms with Gasteiger partial charge in [-0.2, -0.15) is 0 Å². The molecule has 34 heavy (non-hydrogen) atoms. The second-order valence-electron chi connectivity index (χ2n) is 8.41. The lowest BCUT2D eigenvalue weighted by Gasteiger charge is -2.39. The molecular weight excluding hydrogens is 448 g/mol. The molecule has 1 aliphatic rings. The summed E-state index contributed by atoms with van der Waals surface area (Å²) in [4.78, 5) is 44.3. The fourth-order valence-electron chi connectivity index (χ4n) is 4.53. The summed E-state index contributed by atoms with van der Waals surface area (Å²) < 4.78 is 1.63. The van der Waals surface area contributed by atoms with E-state index in [-0.39, 0.29) is 11.3 Å². The van der Waals surface area contributed by atoms with E-state index in [2.05, 4.69) is 4.90 Å². The van der Waals surface area contributed by atoms with Crippen LogP contribution in [0.5, 0.6) is 0 Å². The Kier molecular flexibility index (Phi) is 5.77. The number of pyridine rings is 1. The molecule has 1 atom stereocenters. The number of aromatic nitrogens is 1. The fraction of sp³-hybridized carbons (Fsp3) is 0.192. The van der Waals surface area contributed by atoms with Gasteiger partial charge in [-0.15, -0.1) is 11.3 Å². The van der Waals surface area contributed by atoms with E-state index in [0.29, 0.717) is 41.0 Å². The van der Waals surface area contributed by atoms with Crippen LogP contribution >= 0.6 is 11.3 Å². The lowest BCUT2D eigenvalue weighted by molar-refractivity contribution is 0.102. The zero-order valence-corrected chi connectivity index (χ0v) is 19.5. The zero-order chi connectivity index (χ0) is 23.8. The number of primary amides is 1. The van der Waals surface area contributed by atoms with E-state index in [4.69, 9.17) is 5.73 Å². The van der Waals surface area contributed by atoms with Gasteiger partial charge in [0.2, 0.25) is 0 Å². The summed E-state index contributed by atoms with van der Waals surface area (Å²) in [6, 6.07) is 20.7. The minimum atomic E-state index is -0.519. The van der Waals surface area contributed by atoms with Gasteiger partial charge in [0.05, 0.1) is 11.7 Å². The van der Waals surface area contributed by atoms with Crippen molar-refractivity contribution >= 4 is 33.4 Å². The molecule has 2 aromatic carbocycles. The zero-order valence-electron chi connectivity index (χ0n) is 18.7. The van der Waals surface area contributed by atoms with Crippen LogP contribution in [-0.4, -0.2) is 52.9 Å². The SMILES string of the molecule is CN1CCN(C(N)=O)C(c2sc3c(ccc(=O)n3-c3ccccc3)c2C(=O)c2ccccc2)C1. The maximum Gasteiger partial charge on any atom is 0.315 e. The van der Waals surface area contributed by atoms with Crippen molar-refractivity contribution in [1.29, 1.82) is 0 Å². The van der Waals surface area contributed by atoms with Crippen LogP contribution < -0.4 is 11.3 Å². The summed E-state index contributed by atoms with van der Waals surface area (Å²) in [5, 5.41) is 0.690. The highest BCUT2D eigenvalue weighted by Gasteiger charge is 2.35. The fourth-order valence-corrected chi connectivity index (χ4v) is 5.95. The number of para-hydroxylation sites is 1. The number of carbonyl (C=O) groups excluding carboxylic acids is 2. The number of nitrogens with two attached hydrogens (primary N) is 1. The molecule has 7 nitrogen and oxygen atoms in total. The Morgan fingerprint density at radius 3 is 2.29 bits per heavy atom. The van der Waals surface area contributed by atoms with Gasteiger partial charge in [0.25, 0.3) is 5.56 Å². The Hall–Kier alpha value is -3.75. The Morgan fingerprint density at radius 2 is 1.62 bits per heavy atom. The highest BCUT2D eigenvalue weighted by atomic mass is 32.1. The van der Waals surface area contributed by atoms with Crippen molar-refractivity contribution in [2.45, 2.75) is 6.04 Å². The lowest BCUT2D eigenvalue weighted by atomic mass is 9.97. The quantitative estimate of drug-likeness (QED) is 0.459. The first kappa shape index (κ1) is 22.1. The Morgan fingerprint density at radius 1 is 0.941 bits per heavy atom. The molecule has 0 spiro atoms. The third-order valence-electron chi connectivity index (χ3n) is 6.22. The van der Waals surface area contributed by atoms with Gasteiger partial charge in [0, 0.05) is 47.1 Å². The van der Waals surface area contributed by atoms with Crippen molar-refractivity contribution in [1.82, 2.24) is 14.4 Å². The van der Waals surface area contributed by atoms with Crippen molar-refractivity contribution in [3.05, 3.63) is 99.2 Å². The number of hydrogen-bond donors (Lipinski definition) is 1.